The Morgan fingerprint density at radius 1 is 1.00 bits per heavy atom. The summed E-state index contributed by atoms with van der Waals surface area (Å²) in [5.74, 6) is 1.42. The molecule has 0 radical (unpaired) electrons. The van der Waals surface area contributed by atoms with Crippen LogP contribution in [0.15, 0.2) is 65.7 Å². The van der Waals surface area contributed by atoms with Gasteiger partial charge in [0.05, 0.1) is 5.69 Å². The van der Waals surface area contributed by atoms with Crippen molar-refractivity contribution in [2.75, 3.05) is 0 Å². The second-order valence-corrected chi connectivity index (χ2v) is 6.27. The Labute approximate surface area is 161 Å². The van der Waals surface area contributed by atoms with Gasteiger partial charge in [-0.15, -0.1) is 0 Å². The van der Waals surface area contributed by atoms with E-state index in [1.165, 1.54) is 9.36 Å². The van der Waals surface area contributed by atoms with Crippen molar-refractivity contribution in [3.8, 4) is 22.8 Å². The molecule has 0 aliphatic rings. The number of hydrogen-bond donors (Lipinski definition) is 0. The minimum absolute atomic E-state index is 0.293. The molecule has 140 valence electrons. The summed E-state index contributed by atoms with van der Waals surface area (Å²) in [7, 11) is 1.56. The number of rotatable bonds is 5. The van der Waals surface area contributed by atoms with Crippen LogP contribution in [0.3, 0.4) is 0 Å². The third-order valence-corrected chi connectivity index (χ3v) is 4.32. The summed E-state index contributed by atoms with van der Waals surface area (Å²) in [5.41, 5.74) is 3.07. The van der Waals surface area contributed by atoms with Crippen LogP contribution in [-0.2, 0) is 13.7 Å². The highest BCUT2D eigenvalue weighted by Gasteiger charge is 2.12. The largest absolute Gasteiger partial charge is 0.489 e. The Morgan fingerprint density at radius 3 is 2.50 bits per heavy atom. The smallest absolute Gasteiger partial charge is 0.368 e. The number of aryl methyl sites for hydroxylation is 2. The van der Waals surface area contributed by atoms with Crippen LogP contribution in [0.5, 0.6) is 5.75 Å². The topological polar surface area (TPSA) is 87.7 Å². The molecule has 8 heteroatoms. The van der Waals surface area contributed by atoms with Crippen LogP contribution in [-0.4, -0.2) is 29.8 Å². The third-order valence-electron chi connectivity index (χ3n) is 4.32. The first-order valence-corrected chi connectivity index (χ1v) is 8.71. The number of tetrazole rings is 1. The zero-order valence-corrected chi connectivity index (χ0v) is 15.5. The number of para-hydroxylation sites is 1. The second-order valence-electron chi connectivity index (χ2n) is 6.27. The summed E-state index contributed by atoms with van der Waals surface area (Å²) in [6.45, 7) is 2.27. The van der Waals surface area contributed by atoms with Crippen LogP contribution < -0.4 is 10.4 Å². The van der Waals surface area contributed by atoms with E-state index in [9.17, 15) is 4.79 Å². The highest BCUT2D eigenvalue weighted by Crippen LogP contribution is 2.25. The van der Waals surface area contributed by atoms with Gasteiger partial charge in [-0.2, -0.15) is 9.36 Å². The molecule has 0 spiro atoms. The standard InChI is InChI=1S/C20H18N6O2/c1-14-12-15(19-21-10-5-11-22-19)8-9-18(14)28-13-16-6-3-4-7-17(16)26-20(27)25(2)23-24-26/h3-12H,13H2,1-2H3. The van der Waals surface area contributed by atoms with E-state index >= 15 is 0 Å². The van der Waals surface area contributed by atoms with Gasteiger partial charge >= 0.3 is 5.69 Å². The normalized spacial score (nSPS) is 10.8. The summed E-state index contributed by atoms with van der Waals surface area (Å²) in [6.07, 6.45) is 3.43. The molecule has 0 atom stereocenters. The molecule has 0 amide bonds. The summed E-state index contributed by atoms with van der Waals surface area (Å²) in [6, 6.07) is 15.1. The fraction of sp³-hybridized carbons (Fsp3) is 0.150. The third kappa shape index (κ3) is 3.39. The quantitative estimate of drug-likeness (QED) is 0.533. The van der Waals surface area contributed by atoms with Crippen LogP contribution >= 0.6 is 0 Å². The highest BCUT2D eigenvalue weighted by molar-refractivity contribution is 5.58. The summed E-state index contributed by atoms with van der Waals surface area (Å²) < 4.78 is 8.46. The molecule has 0 unspecified atom stereocenters. The summed E-state index contributed by atoms with van der Waals surface area (Å²) in [4.78, 5) is 20.7. The molecule has 2 aromatic heterocycles. The number of aromatic nitrogens is 6. The van der Waals surface area contributed by atoms with Crippen molar-refractivity contribution in [2.45, 2.75) is 13.5 Å². The highest BCUT2D eigenvalue weighted by atomic mass is 16.5. The van der Waals surface area contributed by atoms with Gasteiger partial charge in [-0.3, -0.25) is 0 Å². The number of hydrogen-bond acceptors (Lipinski definition) is 6. The molecule has 0 aliphatic heterocycles. The Bertz CT molecular complexity index is 1170. The molecule has 0 N–H and O–H groups in total. The van der Waals surface area contributed by atoms with Gasteiger partial charge in [0.2, 0.25) is 0 Å². The molecular formula is C20H18N6O2. The molecule has 8 nitrogen and oxygen atoms in total. The van der Waals surface area contributed by atoms with Crippen molar-refractivity contribution in [1.29, 1.82) is 0 Å². The Kier molecular flexibility index (Phi) is 4.67. The monoisotopic (exact) mass is 374 g/mol. The van der Waals surface area contributed by atoms with E-state index in [4.69, 9.17) is 4.74 Å². The maximum Gasteiger partial charge on any atom is 0.368 e. The van der Waals surface area contributed by atoms with Gasteiger partial charge in [-0.05, 0) is 53.2 Å². The first-order valence-electron chi connectivity index (χ1n) is 8.71. The van der Waals surface area contributed by atoms with E-state index in [1.54, 1.807) is 25.5 Å². The van der Waals surface area contributed by atoms with Gasteiger partial charge in [0.15, 0.2) is 5.82 Å². The molecule has 0 saturated carbocycles. The predicted molar refractivity (Wildman–Crippen MR) is 103 cm³/mol. The number of nitrogens with zero attached hydrogens (tertiary/aromatic N) is 6. The Morgan fingerprint density at radius 2 is 1.79 bits per heavy atom. The molecule has 0 saturated heterocycles. The lowest BCUT2D eigenvalue weighted by Crippen LogP contribution is -2.23. The maximum absolute atomic E-state index is 12.2. The van der Waals surface area contributed by atoms with E-state index in [0.29, 0.717) is 18.1 Å². The number of benzene rings is 2. The van der Waals surface area contributed by atoms with Crippen molar-refractivity contribution >= 4 is 0 Å². The molecule has 4 aromatic rings. The van der Waals surface area contributed by atoms with Crippen molar-refractivity contribution < 1.29 is 4.74 Å². The summed E-state index contributed by atoms with van der Waals surface area (Å²) >= 11 is 0. The molecule has 0 aliphatic carbocycles. The zero-order valence-electron chi connectivity index (χ0n) is 15.5. The van der Waals surface area contributed by atoms with E-state index in [2.05, 4.69) is 20.4 Å². The lowest BCUT2D eigenvalue weighted by Gasteiger charge is -2.12. The van der Waals surface area contributed by atoms with Crippen molar-refractivity contribution in [3.63, 3.8) is 0 Å². The average molecular weight is 374 g/mol. The first kappa shape index (κ1) is 17.6. The fourth-order valence-corrected chi connectivity index (χ4v) is 2.86. The first-order chi connectivity index (χ1) is 13.6. The van der Waals surface area contributed by atoms with Gasteiger partial charge in [0, 0.05) is 30.6 Å². The van der Waals surface area contributed by atoms with E-state index < -0.39 is 0 Å². The molecule has 2 heterocycles. The summed E-state index contributed by atoms with van der Waals surface area (Å²) in [5, 5.41) is 7.68. The molecule has 4 rings (SSSR count). The lowest BCUT2D eigenvalue weighted by molar-refractivity contribution is 0.303. The van der Waals surface area contributed by atoms with Gasteiger partial charge < -0.3 is 4.74 Å². The second kappa shape index (κ2) is 7.43. The van der Waals surface area contributed by atoms with Crippen molar-refractivity contribution in [3.05, 3.63) is 82.5 Å². The average Bonchev–Trinajstić information content (AvgIpc) is 3.06. The number of ether oxygens (including phenoxy) is 1. The van der Waals surface area contributed by atoms with Gasteiger partial charge in [0.25, 0.3) is 0 Å². The Hall–Kier alpha value is -3.81. The minimum atomic E-state index is -0.309. The minimum Gasteiger partial charge on any atom is -0.489 e. The van der Waals surface area contributed by atoms with Crippen LogP contribution in [0.25, 0.3) is 17.1 Å². The van der Waals surface area contributed by atoms with E-state index in [-0.39, 0.29) is 5.69 Å². The van der Waals surface area contributed by atoms with Crippen molar-refractivity contribution in [2.24, 2.45) is 7.05 Å². The van der Waals surface area contributed by atoms with Crippen LogP contribution in [0.4, 0.5) is 0 Å². The van der Waals surface area contributed by atoms with Crippen LogP contribution in [0.1, 0.15) is 11.1 Å². The van der Waals surface area contributed by atoms with Crippen LogP contribution in [0.2, 0.25) is 0 Å². The van der Waals surface area contributed by atoms with E-state index in [1.807, 2.05) is 49.4 Å². The maximum atomic E-state index is 12.2. The zero-order chi connectivity index (χ0) is 19.5. The van der Waals surface area contributed by atoms with Crippen LogP contribution in [0, 0.1) is 6.92 Å². The molecule has 0 bridgehead atoms. The van der Waals surface area contributed by atoms with E-state index in [0.717, 1.165) is 22.4 Å². The Balaban J connectivity index is 1.57. The van der Waals surface area contributed by atoms with Gasteiger partial charge in [0.1, 0.15) is 12.4 Å². The van der Waals surface area contributed by atoms with Crippen molar-refractivity contribution in [1.82, 2.24) is 29.8 Å². The van der Waals surface area contributed by atoms with Gasteiger partial charge in [-0.25, -0.2) is 14.8 Å². The molecule has 0 fully saturated rings. The predicted octanol–water partition coefficient (Wildman–Crippen LogP) is 2.31. The molecule has 2 aromatic carbocycles. The molecular weight excluding hydrogens is 356 g/mol. The SMILES string of the molecule is Cc1cc(-c2ncccn2)ccc1OCc1ccccc1-n1nnn(C)c1=O. The van der Waals surface area contributed by atoms with Gasteiger partial charge in [-0.1, -0.05) is 18.2 Å². The fourth-order valence-electron chi connectivity index (χ4n) is 2.86. The molecule has 28 heavy (non-hydrogen) atoms. The lowest BCUT2D eigenvalue weighted by atomic mass is 10.1.